The highest BCUT2D eigenvalue weighted by Crippen LogP contribution is 2.31. The number of aromatic nitrogens is 1. The highest BCUT2D eigenvalue weighted by molar-refractivity contribution is 6.02. The number of amides is 1. The van der Waals surface area contributed by atoms with Crippen molar-refractivity contribution < 1.29 is 22.7 Å². The molecular formula is C23H26F3N3O2. The molecule has 0 fully saturated rings. The molecule has 0 radical (unpaired) electrons. The fraction of sp³-hybridized carbons (Fsp3) is 0.391. The number of nitrogens with one attached hydrogen (secondary N) is 1. The molecule has 1 amide bonds. The molecule has 1 aromatic carbocycles. The van der Waals surface area contributed by atoms with E-state index in [4.69, 9.17) is 4.74 Å². The number of rotatable bonds is 7. The van der Waals surface area contributed by atoms with Crippen LogP contribution in [0, 0.1) is 25.2 Å². The maximum atomic E-state index is 12.9. The van der Waals surface area contributed by atoms with Crippen LogP contribution in [-0.4, -0.2) is 24.2 Å². The molecule has 2 aromatic rings. The summed E-state index contributed by atoms with van der Waals surface area (Å²) in [6, 6.07) is 7.89. The number of aryl methyl sites for hydroxylation is 1. The normalized spacial score (nSPS) is 14.1. The molecule has 0 aliphatic carbocycles. The van der Waals surface area contributed by atoms with Gasteiger partial charge in [-0.1, -0.05) is 12.1 Å². The van der Waals surface area contributed by atoms with Crippen LogP contribution in [0.25, 0.3) is 6.08 Å². The van der Waals surface area contributed by atoms with Crippen LogP contribution in [-0.2, 0) is 15.7 Å². The third-order valence-corrected chi connectivity index (χ3v) is 5.10. The number of nitrogens with zero attached hydrogens (tertiary/aromatic N) is 2. The van der Waals surface area contributed by atoms with Crippen molar-refractivity contribution in [2.45, 2.75) is 46.0 Å². The topological polar surface area (TPSA) is 67.0 Å². The van der Waals surface area contributed by atoms with E-state index in [1.165, 1.54) is 18.2 Å². The molecule has 166 valence electrons. The van der Waals surface area contributed by atoms with Crippen LogP contribution in [0.15, 0.2) is 35.9 Å². The van der Waals surface area contributed by atoms with Gasteiger partial charge in [-0.2, -0.15) is 18.4 Å². The van der Waals surface area contributed by atoms with Crippen molar-refractivity contribution in [2.75, 3.05) is 13.7 Å². The number of carbonyl (C=O) groups is 1. The summed E-state index contributed by atoms with van der Waals surface area (Å²) < 4.78 is 46.1. The third-order valence-electron chi connectivity index (χ3n) is 5.10. The van der Waals surface area contributed by atoms with E-state index in [1.54, 1.807) is 14.0 Å². The van der Waals surface area contributed by atoms with E-state index in [0.29, 0.717) is 12.2 Å². The maximum Gasteiger partial charge on any atom is 0.416 e. The zero-order chi connectivity index (χ0) is 23.3. The number of alkyl halides is 3. The largest absolute Gasteiger partial charge is 0.416 e. The minimum absolute atomic E-state index is 0.0763. The fourth-order valence-electron chi connectivity index (χ4n) is 3.59. The Morgan fingerprint density at radius 1 is 1.29 bits per heavy atom. The third kappa shape index (κ3) is 5.76. The molecule has 0 bridgehead atoms. The van der Waals surface area contributed by atoms with E-state index in [9.17, 15) is 23.2 Å². The Morgan fingerprint density at radius 3 is 2.55 bits per heavy atom. The van der Waals surface area contributed by atoms with Crippen LogP contribution in [0.2, 0.25) is 0 Å². The van der Waals surface area contributed by atoms with Gasteiger partial charge in [0.05, 0.1) is 24.3 Å². The zero-order valence-electron chi connectivity index (χ0n) is 18.2. The Morgan fingerprint density at radius 2 is 1.97 bits per heavy atom. The van der Waals surface area contributed by atoms with Crippen molar-refractivity contribution >= 4 is 12.0 Å². The Bertz CT molecular complexity index is 1020. The van der Waals surface area contributed by atoms with Gasteiger partial charge in [-0.05, 0) is 63.1 Å². The van der Waals surface area contributed by atoms with Crippen molar-refractivity contribution in [3.63, 3.8) is 0 Å². The number of hydrogen-bond acceptors (Lipinski definition) is 3. The van der Waals surface area contributed by atoms with E-state index >= 15 is 0 Å². The number of nitriles is 1. The molecule has 31 heavy (non-hydrogen) atoms. The highest BCUT2D eigenvalue weighted by Gasteiger charge is 2.30. The number of methoxy groups -OCH3 is 1. The Labute approximate surface area is 180 Å². The zero-order valence-corrected chi connectivity index (χ0v) is 18.2. The van der Waals surface area contributed by atoms with Crippen LogP contribution in [0.3, 0.4) is 0 Å². The SMILES string of the molecule is COCC(C)n1c(C)cc(/C=C(\C#N)C(=O)NC(C)c2cccc(C(F)(F)F)c2)c1C. The number of carbonyl (C=O) groups excluding carboxylic acids is 1. The van der Waals surface area contributed by atoms with E-state index < -0.39 is 23.7 Å². The summed E-state index contributed by atoms with van der Waals surface area (Å²) in [7, 11) is 1.62. The van der Waals surface area contributed by atoms with Crippen molar-refractivity contribution in [2.24, 2.45) is 0 Å². The molecule has 5 nitrogen and oxygen atoms in total. The van der Waals surface area contributed by atoms with E-state index in [-0.39, 0.29) is 11.6 Å². The molecule has 1 heterocycles. The van der Waals surface area contributed by atoms with Crippen LogP contribution in [0.5, 0.6) is 0 Å². The van der Waals surface area contributed by atoms with Crippen molar-refractivity contribution in [3.05, 3.63) is 64.0 Å². The first-order valence-electron chi connectivity index (χ1n) is 9.76. The van der Waals surface area contributed by atoms with Gasteiger partial charge in [0.1, 0.15) is 11.6 Å². The first kappa shape index (κ1) is 24.2. The van der Waals surface area contributed by atoms with Gasteiger partial charge >= 0.3 is 6.18 Å². The lowest BCUT2D eigenvalue weighted by atomic mass is 10.0. The lowest BCUT2D eigenvalue weighted by Crippen LogP contribution is -2.27. The summed E-state index contributed by atoms with van der Waals surface area (Å²) in [5.41, 5.74) is 1.95. The summed E-state index contributed by atoms with van der Waals surface area (Å²) in [5, 5.41) is 12.1. The Balaban J connectivity index is 2.26. The second-order valence-electron chi connectivity index (χ2n) is 7.49. The maximum absolute atomic E-state index is 12.9. The highest BCUT2D eigenvalue weighted by atomic mass is 19.4. The van der Waals surface area contributed by atoms with Crippen LogP contribution in [0.1, 0.15) is 54.0 Å². The Hall–Kier alpha value is -3.05. The smallest absolute Gasteiger partial charge is 0.383 e. The second-order valence-corrected chi connectivity index (χ2v) is 7.49. The molecule has 2 atom stereocenters. The van der Waals surface area contributed by atoms with Gasteiger partial charge < -0.3 is 14.6 Å². The number of halogens is 3. The molecule has 0 aliphatic heterocycles. The standard InChI is InChI=1S/C23H26F3N3O2/c1-14-9-19(17(4)29(14)15(2)13-31-5)10-20(12-27)22(30)28-16(3)18-7-6-8-21(11-18)23(24,25)26/h6-11,15-16H,13H2,1-5H3,(H,28,30)/b20-10+. The van der Waals surface area contributed by atoms with Crippen molar-refractivity contribution in [1.29, 1.82) is 5.26 Å². The first-order chi connectivity index (χ1) is 14.5. The predicted molar refractivity (Wildman–Crippen MR) is 112 cm³/mol. The molecule has 1 aromatic heterocycles. The molecule has 0 aliphatic rings. The van der Waals surface area contributed by atoms with Crippen molar-refractivity contribution in [1.82, 2.24) is 9.88 Å². The lowest BCUT2D eigenvalue weighted by Gasteiger charge is -2.17. The molecule has 8 heteroatoms. The van der Waals surface area contributed by atoms with Crippen molar-refractivity contribution in [3.8, 4) is 6.07 Å². The van der Waals surface area contributed by atoms with Crippen LogP contribution in [0.4, 0.5) is 13.2 Å². The van der Waals surface area contributed by atoms with Gasteiger partial charge in [0, 0.05) is 18.5 Å². The summed E-state index contributed by atoms with van der Waals surface area (Å²) in [6.45, 7) is 7.91. The molecule has 0 saturated heterocycles. The number of ether oxygens (including phenoxy) is 1. The quantitative estimate of drug-likeness (QED) is 0.487. The predicted octanol–water partition coefficient (Wildman–Crippen LogP) is 5.12. The second kappa shape index (κ2) is 9.84. The summed E-state index contributed by atoms with van der Waals surface area (Å²) >= 11 is 0. The summed E-state index contributed by atoms with van der Waals surface area (Å²) in [5.74, 6) is -0.651. The monoisotopic (exact) mass is 433 g/mol. The van der Waals surface area contributed by atoms with Gasteiger partial charge in [0.25, 0.3) is 5.91 Å². The molecule has 0 saturated carbocycles. The fourth-order valence-corrected chi connectivity index (χ4v) is 3.59. The number of hydrogen-bond donors (Lipinski definition) is 1. The average molecular weight is 433 g/mol. The van der Waals surface area contributed by atoms with Gasteiger partial charge in [0.2, 0.25) is 0 Å². The minimum Gasteiger partial charge on any atom is -0.383 e. The molecule has 1 N–H and O–H groups in total. The molecule has 2 rings (SSSR count). The van der Waals surface area contributed by atoms with Crippen LogP contribution < -0.4 is 5.32 Å². The Kier molecular flexibility index (Phi) is 7.69. The van der Waals surface area contributed by atoms with E-state index in [2.05, 4.69) is 9.88 Å². The van der Waals surface area contributed by atoms with Gasteiger partial charge in [-0.25, -0.2) is 0 Å². The molecular weight excluding hydrogens is 407 g/mol. The number of benzene rings is 1. The van der Waals surface area contributed by atoms with Gasteiger partial charge in [-0.3, -0.25) is 4.79 Å². The molecule has 0 spiro atoms. The minimum atomic E-state index is -4.47. The average Bonchev–Trinajstić information content (AvgIpc) is 2.98. The first-order valence-corrected chi connectivity index (χ1v) is 9.76. The summed E-state index contributed by atoms with van der Waals surface area (Å²) in [6.07, 6.45) is -2.98. The molecule has 2 unspecified atom stereocenters. The van der Waals surface area contributed by atoms with E-state index in [1.807, 2.05) is 32.9 Å². The summed E-state index contributed by atoms with van der Waals surface area (Å²) in [4.78, 5) is 12.6. The van der Waals surface area contributed by atoms with Crippen LogP contribution >= 0.6 is 0 Å². The lowest BCUT2D eigenvalue weighted by molar-refractivity contribution is -0.137. The van der Waals surface area contributed by atoms with Gasteiger partial charge in [-0.15, -0.1) is 0 Å². The van der Waals surface area contributed by atoms with Gasteiger partial charge in [0.15, 0.2) is 0 Å². The van der Waals surface area contributed by atoms with E-state index in [0.717, 1.165) is 29.1 Å².